The van der Waals surface area contributed by atoms with Crippen LogP contribution in [0.1, 0.15) is 18.1 Å². The average molecular weight is 430 g/mol. The molecule has 0 bridgehead atoms. The van der Waals surface area contributed by atoms with Crippen molar-refractivity contribution in [3.8, 4) is 11.6 Å². The summed E-state index contributed by atoms with van der Waals surface area (Å²) in [6.45, 7) is 1.85. The van der Waals surface area contributed by atoms with Gasteiger partial charge in [-0.2, -0.15) is 0 Å². The van der Waals surface area contributed by atoms with Crippen molar-refractivity contribution in [3.05, 3.63) is 78.8 Å². The minimum absolute atomic E-state index is 0.0280. The van der Waals surface area contributed by atoms with Gasteiger partial charge in [0, 0.05) is 26.9 Å². The predicted molar refractivity (Wildman–Crippen MR) is 116 cm³/mol. The molecule has 28 heavy (non-hydrogen) atoms. The summed E-state index contributed by atoms with van der Waals surface area (Å²) in [6.07, 6.45) is 1.61. The first-order valence-electron chi connectivity index (χ1n) is 8.26. The number of aromatic hydroxyl groups is 1. The molecule has 0 saturated heterocycles. The first kappa shape index (κ1) is 18.7. The predicted octanol–water partition coefficient (Wildman–Crippen LogP) is 5.55. The number of rotatable bonds is 2. The van der Waals surface area contributed by atoms with Gasteiger partial charge in [0.1, 0.15) is 5.56 Å². The Hall–Kier alpha value is -2.67. The third kappa shape index (κ3) is 3.20. The number of hydrogen-bond acceptors (Lipinski definition) is 4. The van der Waals surface area contributed by atoms with Crippen LogP contribution in [0.25, 0.3) is 17.3 Å². The Bertz CT molecular complexity index is 1290. The molecule has 0 saturated carbocycles. The van der Waals surface area contributed by atoms with E-state index in [1.807, 2.05) is 31.2 Å². The van der Waals surface area contributed by atoms with Crippen LogP contribution in [0.15, 0.2) is 52.3 Å². The maximum Gasteiger partial charge on any atom is 0.262 e. The first-order chi connectivity index (χ1) is 13.3. The molecule has 2 N–H and O–H groups in total. The zero-order chi connectivity index (χ0) is 20.0. The Labute approximate surface area is 175 Å². The second-order valence-electron chi connectivity index (χ2n) is 6.23. The highest BCUT2D eigenvalue weighted by molar-refractivity contribution is 7.71. The van der Waals surface area contributed by atoms with Crippen LogP contribution in [-0.2, 0) is 0 Å². The molecule has 1 aliphatic heterocycles. The number of aliphatic imine (C=N–C) groups is 1. The average Bonchev–Trinajstić information content (AvgIpc) is 2.92. The summed E-state index contributed by atoms with van der Waals surface area (Å²) in [5.41, 5.74) is 3.20. The lowest BCUT2D eigenvalue weighted by Crippen LogP contribution is -2.16. The Morgan fingerprint density at radius 2 is 1.86 bits per heavy atom. The van der Waals surface area contributed by atoms with Gasteiger partial charge in [-0.3, -0.25) is 19.3 Å². The van der Waals surface area contributed by atoms with Crippen molar-refractivity contribution in [2.45, 2.75) is 6.92 Å². The molecular formula is C20H13Cl2N3O2S. The van der Waals surface area contributed by atoms with Crippen molar-refractivity contribution >= 4 is 58.5 Å². The van der Waals surface area contributed by atoms with Crippen LogP contribution in [0.4, 0.5) is 5.69 Å². The number of H-pyrrole nitrogens is 1. The first-order valence-corrected chi connectivity index (χ1v) is 9.43. The third-order valence-corrected chi connectivity index (χ3v) is 5.11. The van der Waals surface area contributed by atoms with E-state index in [0.717, 1.165) is 22.5 Å². The van der Waals surface area contributed by atoms with Gasteiger partial charge in [0.05, 0.1) is 11.4 Å². The molecule has 1 aliphatic rings. The fraction of sp³-hybridized carbons (Fsp3) is 0.0500. The number of fused-ring (bicyclic) bond motifs is 1. The molecule has 8 heteroatoms. The van der Waals surface area contributed by atoms with Gasteiger partial charge in [0.2, 0.25) is 5.88 Å². The van der Waals surface area contributed by atoms with Gasteiger partial charge in [-0.15, -0.1) is 0 Å². The molecule has 140 valence electrons. The minimum Gasteiger partial charge on any atom is -0.494 e. The van der Waals surface area contributed by atoms with Crippen molar-refractivity contribution < 1.29 is 5.11 Å². The highest BCUT2D eigenvalue weighted by Crippen LogP contribution is 2.36. The van der Waals surface area contributed by atoms with E-state index in [1.165, 1.54) is 4.57 Å². The van der Waals surface area contributed by atoms with Gasteiger partial charge in [0.15, 0.2) is 4.77 Å². The number of halogens is 2. The zero-order valence-electron chi connectivity index (χ0n) is 14.5. The number of para-hydroxylation sites is 1. The summed E-state index contributed by atoms with van der Waals surface area (Å²) in [7, 11) is 0. The van der Waals surface area contributed by atoms with Crippen LogP contribution in [0.3, 0.4) is 0 Å². The number of hydrogen-bond donors (Lipinski definition) is 2. The van der Waals surface area contributed by atoms with Crippen LogP contribution in [-0.4, -0.2) is 20.4 Å². The summed E-state index contributed by atoms with van der Waals surface area (Å²) in [4.78, 5) is 19.6. The molecule has 0 amide bonds. The number of aromatic nitrogens is 2. The normalized spacial score (nSPS) is 14.2. The molecule has 5 nitrogen and oxygen atoms in total. The van der Waals surface area contributed by atoms with E-state index in [1.54, 1.807) is 24.3 Å². The van der Waals surface area contributed by atoms with Crippen LogP contribution in [0, 0.1) is 4.77 Å². The molecule has 0 radical (unpaired) electrons. The lowest BCUT2D eigenvalue weighted by Gasteiger charge is -2.13. The molecule has 0 spiro atoms. The standard InChI is InChI=1S/C20H13Cl2N3O2S/c1-10-15(14-4-2-3-5-17(14)23-10)9-16-18(26)24-20(28)25(19(16)27)13-7-11(21)6-12(22)8-13/h2-9,27H,1H3,(H,24,26,28)/b15-9-. The smallest absolute Gasteiger partial charge is 0.262 e. The molecule has 3 aromatic rings. The van der Waals surface area contributed by atoms with Gasteiger partial charge in [-0.25, -0.2) is 0 Å². The molecule has 0 fully saturated rings. The monoisotopic (exact) mass is 429 g/mol. The Balaban J connectivity index is 1.97. The van der Waals surface area contributed by atoms with Crippen LogP contribution >= 0.6 is 35.4 Å². The van der Waals surface area contributed by atoms with E-state index in [4.69, 9.17) is 35.4 Å². The Kier molecular flexibility index (Phi) is 4.71. The minimum atomic E-state index is -0.503. The van der Waals surface area contributed by atoms with Crippen molar-refractivity contribution in [2.75, 3.05) is 0 Å². The van der Waals surface area contributed by atoms with Crippen molar-refractivity contribution in [1.82, 2.24) is 9.55 Å². The molecular weight excluding hydrogens is 417 g/mol. The van der Waals surface area contributed by atoms with Gasteiger partial charge in [-0.05, 0) is 49.5 Å². The van der Waals surface area contributed by atoms with Gasteiger partial charge >= 0.3 is 0 Å². The number of aromatic amines is 1. The van der Waals surface area contributed by atoms with Gasteiger partial charge in [-0.1, -0.05) is 41.4 Å². The van der Waals surface area contributed by atoms with E-state index in [9.17, 15) is 9.90 Å². The van der Waals surface area contributed by atoms with Crippen molar-refractivity contribution in [2.24, 2.45) is 4.99 Å². The summed E-state index contributed by atoms with van der Waals surface area (Å²) in [6, 6.07) is 12.3. The lowest BCUT2D eigenvalue weighted by molar-refractivity contribution is 0.432. The molecule has 2 heterocycles. The van der Waals surface area contributed by atoms with E-state index >= 15 is 0 Å². The fourth-order valence-corrected chi connectivity index (χ4v) is 3.94. The SMILES string of the molecule is CC1=Nc2ccccc2/C1=C\c1c(O)n(-c2cc(Cl)cc(Cl)c2)c(=S)[nH]c1=O. The Morgan fingerprint density at radius 1 is 1.18 bits per heavy atom. The highest BCUT2D eigenvalue weighted by Gasteiger charge is 2.20. The molecule has 2 aromatic carbocycles. The van der Waals surface area contributed by atoms with Crippen LogP contribution in [0.2, 0.25) is 10.0 Å². The maximum atomic E-state index is 12.6. The van der Waals surface area contributed by atoms with Crippen molar-refractivity contribution in [1.29, 1.82) is 0 Å². The summed E-state index contributed by atoms with van der Waals surface area (Å²) in [5, 5.41) is 11.6. The largest absolute Gasteiger partial charge is 0.494 e. The molecule has 4 rings (SSSR count). The Morgan fingerprint density at radius 3 is 2.57 bits per heavy atom. The lowest BCUT2D eigenvalue weighted by atomic mass is 10.0. The molecule has 1 aromatic heterocycles. The van der Waals surface area contributed by atoms with E-state index in [2.05, 4.69) is 9.98 Å². The van der Waals surface area contributed by atoms with Crippen LogP contribution in [0.5, 0.6) is 5.88 Å². The number of nitrogens with zero attached hydrogens (tertiary/aromatic N) is 2. The van der Waals surface area contributed by atoms with Gasteiger partial charge in [0.25, 0.3) is 5.56 Å². The maximum absolute atomic E-state index is 12.6. The number of benzene rings is 2. The van der Waals surface area contributed by atoms with E-state index < -0.39 is 5.56 Å². The third-order valence-electron chi connectivity index (χ3n) is 4.39. The summed E-state index contributed by atoms with van der Waals surface area (Å²) in [5.74, 6) is -0.309. The second kappa shape index (κ2) is 7.05. The quantitative estimate of drug-likeness (QED) is 0.524. The summed E-state index contributed by atoms with van der Waals surface area (Å²) < 4.78 is 1.34. The van der Waals surface area contributed by atoms with E-state index in [0.29, 0.717) is 15.7 Å². The summed E-state index contributed by atoms with van der Waals surface area (Å²) >= 11 is 17.4. The zero-order valence-corrected chi connectivity index (χ0v) is 16.9. The topological polar surface area (TPSA) is 70.4 Å². The molecule has 0 aliphatic carbocycles. The molecule has 0 unspecified atom stereocenters. The number of nitrogens with one attached hydrogen (secondary N) is 1. The number of allylic oxidation sites excluding steroid dienone is 1. The molecule has 0 atom stereocenters. The van der Waals surface area contributed by atoms with E-state index in [-0.39, 0.29) is 16.2 Å². The highest BCUT2D eigenvalue weighted by atomic mass is 35.5. The van der Waals surface area contributed by atoms with Crippen molar-refractivity contribution in [3.63, 3.8) is 0 Å². The fourth-order valence-electron chi connectivity index (χ4n) is 3.14. The van der Waals surface area contributed by atoms with Crippen LogP contribution < -0.4 is 5.56 Å². The second-order valence-corrected chi connectivity index (χ2v) is 7.49. The van der Waals surface area contributed by atoms with Gasteiger partial charge < -0.3 is 5.11 Å².